The molecule has 0 amide bonds. The molecule has 1 heteroatoms. The summed E-state index contributed by atoms with van der Waals surface area (Å²) in [6, 6.07) is 48.9. The van der Waals surface area contributed by atoms with Crippen molar-refractivity contribution in [2.45, 2.75) is 19.8 Å². The van der Waals surface area contributed by atoms with Crippen LogP contribution in [0.5, 0.6) is 0 Å². The van der Waals surface area contributed by atoms with Gasteiger partial charge < -0.3 is 4.90 Å². The predicted octanol–water partition coefficient (Wildman–Crippen LogP) is 10.9. The predicted molar refractivity (Wildman–Crippen MR) is 165 cm³/mol. The molecule has 0 saturated carbocycles. The number of anilines is 3. The molecule has 0 aliphatic carbocycles. The highest BCUT2D eigenvalue weighted by Crippen LogP contribution is 2.45. The monoisotopic (exact) mass is 487 g/mol. The first-order valence-corrected chi connectivity index (χ1v) is 13.4. The van der Waals surface area contributed by atoms with E-state index in [4.69, 9.17) is 0 Å². The topological polar surface area (TPSA) is 3.24 Å². The average Bonchev–Trinajstić information content (AvgIpc) is 2.97. The second-order valence-electron chi connectivity index (χ2n) is 10.4. The Morgan fingerprint density at radius 3 is 1.26 bits per heavy atom. The third-order valence-electron chi connectivity index (χ3n) is 7.79. The first kappa shape index (κ1) is 22.6. The lowest BCUT2D eigenvalue weighted by atomic mass is 9.96. The van der Waals surface area contributed by atoms with E-state index in [2.05, 4.69) is 152 Å². The zero-order valence-corrected chi connectivity index (χ0v) is 21.7. The van der Waals surface area contributed by atoms with Crippen molar-refractivity contribution in [1.29, 1.82) is 0 Å². The summed E-state index contributed by atoms with van der Waals surface area (Å²) < 4.78 is 0. The van der Waals surface area contributed by atoms with Crippen molar-refractivity contribution in [3.63, 3.8) is 0 Å². The smallest absolute Gasteiger partial charge is 0.0546 e. The molecule has 0 aliphatic rings. The van der Waals surface area contributed by atoms with Gasteiger partial charge in [0.15, 0.2) is 0 Å². The summed E-state index contributed by atoms with van der Waals surface area (Å²) in [4.78, 5) is 2.47. The van der Waals surface area contributed by atoms with Crippen molar-refractivity contribution < 1.29 is 0 Å². The van der Waals surface area contributed by atoms with E-state index in [1.807, 2.05) is 0 Å². The van der Waals surface area contributed by atoms with Gasteiger partial charge in [-0.15, -0.1) is 0 Å². The van der Waals surface area contributed by atoms with E-state index in [1.165, 1.54) is 60.0 Å². The molecule has 182 valence electrons. The van der Waals surface area contributed by atoms with Crippen LogP contribution in [0.15, 0.2) is 133 Å². The van der Waals surface area contributed by atoms with Crippen LogP contribution in [0.2, 0.25) is 0 Å². The molecule has 0 unspecified atom stereocenters. The Labute approximate surface area is 223 Å². The highest BCUT2D eigenvalue weighted by molar-refractivity contribution is 6.18. The normalized spacial score (nSPS) is 11.7. The Morgan fingerprint density at radius 2 is 0.816 bits per heavy atom. The summed E-state index contributed by atoms with van der Waals surface area (Å²) in [5, 5.41) is 10.1. The van der Waals surface area contributed by atoms with Gasteiger partial charge in [-0.3, -0.25) is 0 Å². The molecular formula is C37H29N. The largest absolute Gasteiger partial charge is 0.309 e. The molecule has 0 radical (unpaired) electrons. The van der Waals surface area contributed by atoms with Crippen LogP contribution in [0.4, 0.5) is 17.1 Å². The molecule has 0 aromatic heterocycles. The van der Waals surface area contributed by atoms with Gasteiger partial charge >= 0.3 is 0 Å². The fourth-order valence-corrected chi connectivity index (χ4v) is 5.86. The van der Waals surface area contributed by atoms with Crippen LogP contribution in [0.1, 0.15) is 25.3 Å². The van der Waals surface area contributed by atoms with Crippen molar-refractivity contribution in [2.75, 3.05) is 4.90 Å². The van der Waals surface area contributed by atoms with Gasteiger partial charge in [-0.2, -0.15) is 0 Å². The zero-order chi connectivity index (χ0) is 25.6. The first-order chi connectivity index (χ1) is 18.7. The Balaban J connectivity index is 1.61. The third-order valence-corrected chi connectivity index (χ3v) is 7.79. The Hall–Kier alpha value is -4.62. The summed E-state index contributed by atoms with van der Waals surface area (Å²) >= 11 is 0. The molecule has 0 N–H and O–H groups in total. The molecule has 7 aromatic rings. The van der Waals surface area contributed by atoms with Gasteiger partial charge in [-0.05, 0) is 68.1 Å². The Bertz CT molecular complexity index is 1830. The molecule has 38 heavy (non-hydrogen) atoms. The van der Waals surface area contributed by atoms with Crippen LogP contribution in [0.25, 0.3) is 43.1 Å². The second-order valence-corrected chi connectivity index (χ2v) is 10.4. The van der Waals surface area contributed by atoms with Crippen LogP contribution in [-0.4, -0.2) is 0 Å². The minimum Gasteiger partial charge on any atom is -0.309 e. The number of hydrogen-bond acceptors (Lipinski definition) is 1. The van der Waals surface area contributed by atoms with Crippen molar-refractivity contribution >= 4 is 60.2 Å². The van der Waals surface area contributed by atoms with Gasteiger partial charge in [0.2, 0.25) is 0 Å². The van der Waals surface area contributed by atoms with E-state index in [-0.39, 0.29) is 0 Å². The number of benzene rings is 7. The van der Waals surface area contributed by atoms with Gasteiger partial charge in [0.05, 0.1) is 11.4 Å². The van der Waals surface area contributed by atoms with E-state index in [1.54, 1.807) is 0 Å². The highest BCUT2D eigenvalue weighted by atomic mass is 15.1. The lowest BCUT2D eigenvalue weighted by Gasteiger charge is -2.29. The second kappa shape index (κ2) is 9.04. The van der Waals surface area contributed by atoms with Crippen molar-refractivity contribution in [2.24, 2.45) is 0 Å². The van der Waals surface area contributed by atoms with Gasteiger partial charge in [0.1, 0.15) is 0 Å². The fraction of sp³-hybridized carbons (Fsp3) is 0.0811. The average molecular weight is 488 g/mol. The SMILES string of the molecule is CC(C)c1ccc(N(c2cc3ccccc3c3ccccc23)c2cc3ccccc3c3ccccc23)cc1. The summed E-state index contributed by atoms with van der Waals surface area (Å²) in [5.41, 5.74) is 4.89. The summed E-state index contributed by atoms with van der Waals surface area (Å²) in [6.07, 6.45) is 0. The Morgan fingerprint density at radius 1 is 0.421 bits per heavy atom. The van der Waals surface area contributed by atoms with Crippen molar-refractivity contribution in [3.05, 3.63) is 139 Å². The molecule has 7 rings (SSSR count). The molecule has 0 bridgehead atoms. The van der Waals surface area contributed by atoms with E-state index in [0.29, 0.717) is 5.92 Å². The number of hydrogen-bond donors (Lipinski definition) is 0. The minimum absolute atomic E-state index is 0.487. The molecule has 0 spiro atoms. The maximum absolute atomic E-state index is 2.47. The molecule has 0 atom stereocenters. The summed E-state index contributed by atoms with van der Waals surface area (Å²) in [5.74, 6) is 0.487. The van der Waals surface area contributed by atoms with Crippen LogP contribution >= 0.6 is 0 Å². The molecule has 1 nitrogen and oxygen atoms in total. The minimum atomic E-state index is 0.487. The molecule has 0 heterocycles. The first-order valence-electron chi connectivity index (χ1n) is 13.4. The van der Waals surface area contributed by atoms with E-state index >= 15 is 0 Å². The van der Waals surface area contributed by atoms with Crippen LogP contribution in [0, 0.1) is 0 Å². The maximum Gasteiger partial charge on any atom is 0.0546 e. The number of fused-ring (bicyclic) bond motifs is 6. The third kappa shape index (κ3) is 3.63. The highest BCUT2D eigenvalue weighted by Gasteiger charge is 2.20. The quantitative estimate of drug-likeness (QED) is 0.223. The maximum atomic E-state index is 2.47. The molecule has 7 aromatic carbocycles. The van der Waals surface area contributed by atoms with Crippen LogP contribution < -0.4 is 4.90 Å². The van der Waals surface area contributed by atoms with Crippen LogP contribution in [0.3, 0.4) is 0 Å². The fourth-order valence-electron chi connectivity index (χ4n) is 5.86. The van der Waals surface area contributed by atoms with Gasteiger partial charge in [-0.1, -0.05) is 123 Å². The van der Waals surface area contributed by atoms with Gasteiger partial charge in [-0.25, -0.2) is 0 Å². The van der Waals surface area contributed by atoms with E-state index < -0.39 is 0 Å². The molecule has 0 aliphatic heterocycles. The zero-order valence-electron chi connectivity index (χ0n) is 21.7. The molecule has 0 saturated heterocycles. The van der Waals surface area contributed by atoms with Gasteiger partial charge in [0, 0.05) is 16.5 Å². The van der Waals surface area contributed by atoms with E-state index in [0.717, 1.165) is 5.69 Å². The Kier molecular flexibility index (Phi) is 5.37. The molecular weight excluding hydrogens is 458 g/mol. The van der Waals surface area contributed by atoms with Gasteiger partial charge in [0.25, 0.3) is 0 Å². The summed E-state index contributed by atoms with van der Waals surface area (Å²) in [6.45, 7) is 4.50. The number of rotatable bonds is 4. The summed E-state index contributed by atoms with van der Waals surface area (Å²) in [7, 11) is 0. The van der Waals surface area contributed by atoms with Crippen LogP contribution in [-0.2, 0) is 0 Å². The standard InChI is InChI=1S/C37H29N/c1-25(2)26-19-21-29(22-20-26)38(36-23-27-11-3-5-13-30(27)32-15-7-9-17-34(32)36)37-24-28-12-4-6-14-31(28)33-16-8-10-18-35(33)37/h3-25H,1-2H3. The molecule has 0 fully saturated rings. The lowest BCUT2D eigenvalue weighted by molar-refractivity contribution is 0.866. The van der Waals surface area contributed by atoms with Crippen molar-refractivity contribution in [1.82, 2.24) is 0 Å². The van der Waals surface area contributed by atoms with E-state index in [9.17, 15) is 0 Å². The number of nitrogens with zero attached hydrogens (tertiary/aromatic N) is 1. The lowest BCUT2D eigenvalue weighted by Crippen LogP contribution is -2.11. The van der Waals surface area contributed by atoms with Crippen molar-refractivity contribution in [3.8, 4) is 0 Å².